The topological polar surface area (TPSA) is 65.1 Å². The van der Waals surface area contributed by atoms with Crippen molar-refractivity contribution in [3.05, 3.63) is 119 Å². The predicted octanol–water partition coefficient (Wildman–Crippen LogP) is 5.48. The van der Waals surface area contributed by atoms with Crippen molar-refractivity contribution in [1.82, 2.24) is 4.57 Å². The average molecular weight is 418 g/mol. The summed E-state index contributed by atoms with van der Waals surface area (Å²) in [6, 6.07) is 28.8. The van der Waals surface area contributed by atoms with Crippen LogP contribution in [0.4, 0.5) is 0 Å². The molecule has 0 radical (unpaired) electrons. The van der Waals surface area contributed by atoms with Crippen molar-refractivity contribution < 1.29 is 9.59 Å². The van der Waals surface area contributed by atoms with E-state index in [4.69, 9.17) is 5.73 Å². The van der Waals surface area contributed by atoms with E-state index in [2.05, 4.69) is 10.6 Å². The molecule has 156 valence electrons. The highest BCUT2D eigenvalue weighted by Crippen LogP contribution is 2.33. The molecule has 4 nitrogen and oxygen atoms in total. The summed E-state index contributed by atoms with van der Waals surface area (Å²) < 4.78 is 2.17. The maximum absolute atomic E-state index is 13.2. The molecule has 0 saturated carbocycles. The first-order valence-electron chi connectivity index (χ1n) is 10.5. The number of rotatable bonds is 5. The molecule has 1 heterocycles. The summed E-state index contributed by atoms with van der Waals surface area (Å²) in [5.41, 5.74) is 11.5. The minimum atomic E-state index is -0.449. The maximum Gasteiger partial charge on any atom is 0.249 e. The Labute approximate surface area is 185 Å². The quantitative estimate of drug-likeness (QED) is 0.384. The zero-order chi connectivity index (χ0) is 22.2. The van der Waals surface area contributed by atoms with Crippen molar-refractivity contribution in [3.8, 4) is 0 Å². The van der Waals surface area contributed by atoms with Gasteiger partial charge in [-0.3, -0.25) is 9.59 Å². The van der Waals surface area contributed by atoms with Crippen LogP contribution in [-0.4, -0.2) is 16.3 Å². The molecule has 0 unspecified atom stereocenters. The first-order valence-corrected chi connectivity index (χ1v) is 10.5. The number of ketones is 1. The number of amides is 1. The molecular weight excluding hydrogens is 396 g/mol. The lowest BCUT2D eigenvalue weighted by atomic mass is 9.98. The molecule has 0 spiro atoms. The van der Waals surface area contributed by atoms with Gasteiger partial charge in [-0.25, -0.2) is 0 Å². The molecule has 0 saturated heterocycles. The number of hydrogen-bond donors (Lipinski definition) is 1. The molecule has 2 N–H and O–H groups in total. The molecule has 32 heavy (non-hydrogen) atoms. The van der Waals surface area contributed by atoms with Crippen LogP contribution in [0.5, 0.6) is 0 Å². The third-order valence-corrected chi connectivity index (χ3v) is 5.94. The number of carbonyl (C=O) groups is 2. The van der Waals surface area contributed by atoms with E-state index in [9.17, 15) is 9.59 Å². The summed E-state index contributed by atoms with van der Waals surface area (Å²) >= 11 is 0. The smallest absolute Gasteiger partial charge is 0.249 e. The Hall–Kier alpha value is -4.18. The Balaban J connectivity index is 1.72. The number of carbonyl (C=O) groups excluding carboxylic acids is 2. The molecule has 5 rings (SSSR count). The van der Waals surface area contributed by atoms with Crippen molar-refractivity contribution >= 4 is 33.5 Å². The van der Waals surface area contributed by atoms with Gasteiger partial charge < -0.3 is 10.3 Å². The van der Waals surface area contributed by atoms with Crippen LogP contribution < -0.4 is 5.73 Å². The Kier molecular flexibility index (Phi) is 4.83. The van der Waals surface area contributed by atoms with E-state index in [1.54, 1.807) is 6.07 Å². The van der Waals surface area contributed by atoms with Gasteiger partial charge >= 0.3 is 0 Å². The molecule has 0 aliphatic heterocycles. The van der Waals surface area contributed by atoms with E-state index in [-0.39, 0.29) is 5.78 Å². The van der Waals surface area contributed by atoms with Gasteiger partial charge in [-0.2, -0.15) is 0 Å². The second-order valence-electron chi connectivity index (χ2n) is 8.02. The molecule has 0 fully saturated rings. The first kappa shape index (κ1) is 19.8. The van der Waals surface area contributed by atoms with Gasteiger partial charge in [0.1, 0.15) is 0 Å². The number of nitrogens with two attached hydrogens (primary N) is 1. The lowest BCUT2D eigenvalue weighted by molar-refractivity contribution is 0.1000. The molecular formula is C28H22N2O2. The number of fused-ring (bicyclic) bond motifs is 3. The summed E-state index contributed by atoms with van der Waals surface area (Å²) in [6.45, 7) is 2.55. The molecule has 5 aromatic rings. The van der Waals surface area contributed by atoms with E-state index in [0.29, 0.717) is 23.2 Å². The fraction of sp³-hybridized carbons (Fsp3) is 0.0714. The minimum Gasteiger partial charge on any atom is -0.366 e. The highest BCUT2D eigenvalue weighted by atomic mass is 16.1. The third kappa shape index (κ3) is 3.26. The summed E-state index contributed by atoms with van der Waals surface area (Å²) in [5, 5.41) is 1.83. The zero-order valence-corrected chi connectivity index (χ0v) is 17.7. The van der Waals surface area contributed by atoms with Crippen LogP contribution in [0.25, 0.3) is 21.8 Å². The van der Waals surface area contributed by atoms with Crippen molar-refractivity contribution in [2.75, 3.05) is 0 Å². The monoisotopic (exact) mass is 418 g/mol. The van der Waals surface area contributed by atoms with Gasteiger partial charge in [-0.05, 0) is 36.2 Å². The molecule has 0 aliphatic carbocycles. The molecule has 4 aromatic carbocycles. The van der Waals surface area contributed by atoms with Gasteiger partial charge in [0, 0.05) is 39.5 Å². The standard InChI is InChI=1S/C28H22N2O2/c1-18-14-15-22-25(16-18)30(24-13-7-12-23(26(22)24)28(29)32)17-20-10-5-6-11-21(20)27(31)19-8-3-2-4-9-19/h2-16H,17H2,1H3,(H2,29,32). The molecule has 0 bridgehead atoms. The molecule has 1 aromatic heterocycles. The van der Waals surface area contributed by atoms with Crippen LogP contribution in [0.1, 0.15) is 37.4 Å². The normalized spacial score (nSPS) is 11.2. The SMILES string of the molecule is Cc1ccc2c3c(C(N)=O)cccc3n(Cc3ccccc3C(=O)c3ccccc3)c2c1. The van der Waals surface area contributed by atoms with Gasteiger partial charge in [0.05, 0.1) is 5.52 Å². The fourth-order valence-electron chi connectivity index (χ4n) is 4.43. The lowest BCUT2D eigenvalue weighted by Gasteiger charge is -2.12. The Morgan fingerprint density at radius 1 is 0.781 bits per heavy atom. The number of benzene rings is 4. The number of aromatic nitrogens is 1. The Morgan fingerprint density at radius 2 is 1.50 bits per heavy atom. The van der Waals surface area contributed by atoms with Gasteiger partial charge in [0.15, 0.2) is 5.78 Å². The minimum absolute atomic E-state index is 0.00373. The van der Waals surface area contributed by atoms with E-state index in [0.717, 1.165) is 32.9 Å². The Morgan fingerprint density at radius 3 is 2.28 bits per heavy atom. The summed E-state index contributed by atoms with van der Waals surface area (Å²) in [4.78, 5) is 25.4. The van der Waals surface area contributed by atoms with E-state index < -0.39 is 5.91 Å². The van der Waals surface area contributed by atoms with Crippen LogP contribution in [0, 0.1) is 6.92 Å². The predicted molar refractivity (Wildman–Crippen MR) is 128 cm³/mol. The van der Waals surface area contributed by atoms with E-state index in [1.807, 2.05) is 85.8 Å². The Bertz CT molecular complexity index is 1500. The van der Waals surface area contributed by atoms with Gasteiger partial charge in [-0.15, -0.1) is 0 Å². The number of primary amides is 1. The van der Waals surface area contributed by atoms with Gasteiger partial charge in [0.25, 0.3) is 0 Å². The first-order chi connectivity index (χ1) is 15.5. The van der Waals surface area contributed by atoms with Crippen LogP contribution >= 0.6 is 0 Å². The third-order valence-electron chi connectivity index (χ3n) is 5.94. The van der Waals surface area contributed by atoms with Crippen LogP contribution in [0.15, 0.2) is 91.0 Å². The lowest BCUT2D eigenvalue weighted by Crippen LogP contribution is -2.11. The molecule has 0 atom stereocenters. The van der Waals surface area contributed by atoms with Crippen LogP contribution in [0.3, 0.4) is 0 Å². The second-order valence-corrected chi connectivity index (χ2v) is 8.02. The van der Waals surface area contributed by atoms with E-state index in [1.165, 1.54) is 0 Å². The number of nitrogens with zero attached hydrogens (tertiary/aromatic N) is 1. The molecule has 0 aliphatic rings. The van der Waals surface area contributed by atoms with Crippen LogP contribution in [-0.2, 0) is 6.54 Å². The second kappa shape index (κ2) is 7.82. The molecule has 1 amide bonds. The summed E-state index contributed by atoms with van der Waals surface area (Å²) in [7, 11) is 0. The van der Waals surface area contributed by atoms with Crippen molar-refractivity contribution in [3.63, 3.8) is 0 Å². The summed E-state index contributed by atoms with van der Waals surface area (Å²) in [5.74, 6) is -0.453. The fourth-order valence-corrected chi connectivity index (χ4v) is 4.43. The zero-order valence-electron chi connectivity index (χ0n) is 17.7. The van der Waals surface area contributed by atoms with Crippen LogP contribution in [0.2, 0.25) is 0 Å². The largest absolute Gasteiger partial charge is 0.366 e. The number of hydrogen-bond acceptors (Lipinski definition) is 2. The van der Waals surface area contributed by atoms with Gasteiger partial charge in [-0.1, -0.05) is 72.8 Å². The van der Waals surface area contributed by atoms with E-state index >= 15 is 0 Å². The van der Waals surface area contributed by atoms with Crippen molar-refractivity contribution in [1.29, 1.82) is 0 Å². The highest BCUT2D eigenvalue weighted by molar-refractivity contribution is 6.18. The van der Waals surface area contributed by atoms with Crippen molar-refractivity contribution in [2.24, 2.45) is 5.73 Å². The molecule has 4 heteroatoms. The van der Waals surface area contributed by atoms with Gasteiger partial charge in [0.2, 0.25) is 5.91 Å². The van der Waals surface area contributed by atoms with Crippen molar-refractivity contribution in [2.45, 2.75) is 13.5 Å². The number of aryl methyl sites for hydroxylation is 1. The summed E-state index contributed by atoms with van der Waals surface area (Å²) in [6.07, 6.45) is 0. The maximum atomic E-state index is 13.2. The average Bonchev–Trinajstić information content (AvgIpc) is 3.12. The highest BCUT2D eigenvalue weighted by Gasteiger charge is 2.19.